The summed E-state index contributed by atoms with van der Waals surface area (Å²) >= 11 is 4.71. The summed E-state index contributed by atoms with van der Waals surface area (Å²) in [6, 6.07) is 7.90. The molecule has 1 aromatic carbocycles. The quantitative estimate of drug-likeness (QED) is 0.775. The molecule has 0 bridgehead atoms. The molecule has 0 saturated heterocycles. The van der Waals surface area contributed by atoms with E-state index in [4.69, 9.17) is 4.42 Å². The number of nitrogens with zero attached hydrogens (tertiary/aromatic N) is 2. The third kappa shape index (κ3) is 3.89. The molecule has 1 N–H and O–H groups in total. The molecule has 1 saturated carbocycles. The lowest BCUT2D eigenvalue weighted by molar-refractivity contribution is -0.119. The molecule has 0 aliphatic heterocycles. The number of carbonyl (C=O) groups excluding carboxylic acids is 1. The van der Waals surface area contributed by atoms with Gasteiger partial charge in [-0.1, -0.05) is 23.9 Å². The standard InChI is InChI=1S/C15H16BrN3O2S/c1-9(10-6-7-10)17-13(20)8-22-15-19-18-14(21-15)11-4-2-3-5-12(11)16/h2-5,9-10H,6-8H2,1H3,(H,17,20)/t9-/m0/s1. The van der Waals surface area contributed by atoms with Crippen LogP contribution in [0.25, 0.3) is 11.5 Å². The predicted molar refractivity (Wildman–Crippen MR) is 88.5 cm³/mol. The van der Waals surface area contributed by atoms with Crippen LogP contribution in [0, 0.1) is 5.92 Å². The van der Waals surface area contributed by atoms with Crippen molar-refractivity contribution in [1.82, 2.24) is 15.5 Å². The van der Waals surface area contributed by atoms with Gasteiger partial charge in [-0.05, 0) is 53.7 Å². The maximum Gasteiger partial charge on any atom is 0.277 e. The summed E-state index contributed by atoms with van der Waals surface area (Å²) in [4.78, 5) is 11.9. The van der Waals surface area contributed by atoms with E-state index in [1.807, 2.05) is 24.3 Å². The molecule has 1 fully saturated rings. The lowest BCUT2D eigenvalue weighted by Crippen LogP contribution is -2.35. The predicted octanol–water partition coefficient (Wildman–Crippen LogP) is 3.51. The first-order chi connectivity index (χ1) is 10.6. The van der Waals surface area contributed by atoms with E-state index < -0.39 is 0 Å². The maximum absolute atomic E-state index is 11.9. The summed E-state index contributed by atoms with van der Waals surface area (Å²) in [5, 5.41) is 11.4. The lowest BCUT2D eigenvalue weighted by Gasteiger charge is -2.11. The van der Waals surface area contributed by atoms with Crippen LogP contribution in [0.5, 0.6) is 0 Å². The number of rotatable bonds is 6. The molecule has 3 rings (SSSR count). The smallest absolute Gasteiger partial charge is 0.277 e. The molecule has 0 unspecified atom stereocenters. The van der Waals surface area contributed by atoms with Crippen LogP contribution in [-0.4, -0.2) is 27.9 Å². The van der Waals surface area contributed by atoms with Gasteiger partial charge in [0.05, 0.1) is 11.3 Å². The van der Waals surface area contributed by atoms with Crippen LogP contribution in [0.4, 0.5) is 0 Å². The number of hydrogen-bond donors (Lipinski definition) is 1. The third-order valence-corrected chi connectivity index (χ3v) is 5.07. The largest absolute Gasteiger partial charge is 0.411 e. The molecule has 22 heavy (non-hydrogen) atoms. The molecule has 116 valence electrons. The van der Waals surface area contributed by atoms with Gasteiger partial charge < -0.3 is 9.73 Å². The van der Waals surface area contributed by atoms with Gasteiger partial charge in [0.1, 0.15) is 0 Å². The summed E-state index contributed by atoms with van der Waals surface area (Å²) in [5.41, 5.74) is 0.841. The fourth-order valence-electron chi connectivity index (χ4n) is 2.15. The number of thioether (sulfide) groups is 1. The molecule has 1 aromatic heterocycles. The Kier molecular flexibility index (Phi) is 4.83. The number of nitrogens with one attached hydrogen (secondary N) is 1. The van der Waals surface area contributed by atoms with Gasteiger partial charge in [0, 0.05) is 10.5 Å². The summed E-state index contributed by atoms with van der Waals surface area (Å²) in [7, 11) is 0. The molecule has 2 aromatic rings. The molecular weight excluding hydrogens is 366 g/mol. The number of amides is 1. The zero-order valence-corrected chi connectivity index (χ0v) is 14.5. The maximum atomic E-state index is 11.9. The highest BCUT2D eigenvalue weighted by Crippen LogP contribution is 2.32. The highest BCUT2D eigenvalue weighted by molar-refractivity contribution is 9.10. The number of hydrogen-bond acceptors (Lipinski definition) is 5. The van der Waals surface area contributed by atoms with Crippen LogP contribution in [0.2, 0.25) is 0 Å². The molecule has 0 radical (unpaired) electrons. The second-order valence-electron chi connectivity index (χ2n) is 5.34. The third-order valence-electron chi connectivity index (χ3n) is 3.56. The Hall–Kier alpha value is -1.34. The van der Waals surface area contributed by atoms with Gasteiger partial charge in [0.25, 0.3) is 5.22 Å². The molecule has 1 atom stereocenters. The Labute approximate surface area is 141 Å². The van der Waals surface area contributed by atoms with Crippen LogP contribution in [0.3, 0.4) is 0 Å². The van der Waals surface area contributed by atoms with Gasteiger partial charge in [-0.25, -0.2) is 0 Å². The second-order valence-corrected chi connectivity index (χ2v) is 7.12. The highest BCUT2D eigenvalue weighted by atomic mass is 79.9. The van der Waals surface area contributed by atoms with Crippen LogP contribution >= 0.6 is 27.7 Å². The lowest BCUT2D eigenvalue weighted by atomic mass is 10.2. The summed E-state index contributed by atoms with van der Waals surface area (Å²) in [5.74, 6) is 1.39. The van der Waals surface area contributed by atoms with E-state index in [0.29, 0.717) is 17.0 Å². The molecule has 7 heteroatoms. The Morgan fingerprint density at radius 2 is 2.23 bits per heavy atom. The number of carbonyl (C=O) groups is 1. The van der Waals surface area contributed by atoms with E-state index in [1.165, 1.54) is 24.6 Å². The molecule has 1 amide bonds. The van der Waals surface area contributed by atoms with E-state index >= 15 is 0 Å². The fraction of sp³-hybridized carbons (Fsp3) is 0.400. The summed E-state index contributed by atoms with van der Waals surface area (Å²) < 4.78 is 6.49. The fourth-order valence-corrected chi connectivity index (χ4v) is 3.18. The van der Waals surface area contributed by atoms with Gasteiger partial charge in [0.2, 0.25) is 11.8 Å². The Morgan fingerprint density at radius 3 is 2.95 bits per heavy atom. The first-order valence-corrected chi connectivity index (χ1v) is 8.92. The Morgan fingerprint density at radius 1 is 1.45 bits per heavy atom. The van der Waals surface area contributed by atoms with Gasteiger partial charge in [0.15, 0.2) is 0 Å². The van der Waals surface area contributed by atoms with Crippen molar-refractivity contribution in [3.8, 4) is 11.5 Å². The first kappa shape index (κ1) is 15.6. The molecule has 1 heterocycles. The van der Waals surface area contributed by atoms with Crippen molar-refractivity contribution in [1.29, 1.82) is 0 Å². The number of halogens is 1. The first-order valence-electron chi connectivity index (χ1n) is 7.14. The Bertz CT molecular complexity index is 672. The molecule has 5 nitrogen and oxygen atoms in total. The van der Waals surface area contributed by atoms with Gasteiger partial charge in [-0.3, -0.25) is 4.79 Å². The zero-order chi connectivity index (χ0) is 15.5. The monoisotopic (exact) mass is 381 g/mol. The van der Waals surface area contributed by atoms with Gasteiger partial charge in [-0.2, -0.15) is 0 Å². The topological polar surface area (TPSA) is 68.0 Å². The summed E-state index contributed by atoms with van der Waals surface area (Å²) in [6.45, 7) is 2.05. The van der Waals surface area contributed by atoms with Crippen LogP contribution in [-0.2, 0) is 4.79 Å². The van der Waals surface area contributed by atoms with Crippen LogP contribution in [0.1, 0.15) is 19.8 Å². The van der Waals surface area contributed by atoms with E-state index in [0.717, 1.165) is 10.0 Å². The minimum Gasteiger partial charge on any atom is -0.411 e. The summed E-state index contributed by atoms with van der Waals surface area (Å²) in [6.07, 6.45) is 2.43. The number of benzene rings is 1. The van der Waals surface area contributed by atoms with Crippen LogP contribution < -0.4 is 5.32 Å². The molecule has 1 aliphatic carbocycles. The average Bonchev–Trinajstić information content (AvgIpc) is 3.25. The van der Waals surface area contributed by atoms with Gasteiger partial charge >= 0.3 is 0 Å². The van der Waals surface area contributed by atoms with E-state index in [2.05, 4.69) is 38.4 Å². The van der Waals surface area contributed by atoms with Crippen molar-refractivity contribution in [2.45, 2.75) is 31.0 Å². The second kappa shape index (κ2) is 6.83. The molecule has 1 aliphatic rings. The van der Waals surface area contributed by atoms with Crippen LogP contribution in [0.15, 0.2) is 38.4 Å². The van der Waals surface area contributed by atoms with E-state index in [9.17, 15) is 4.79 Å². The normalized spacial score (nSPS) is 15.5. The van der Waals surface area contributed by atoms with E-state index in [-0.39, 0.29) is 17.7 Å². The average molecular weight is 382 g/mol. The Balaban J connectivity index is 1.55. The van der Waals surface area contributed by atoms with E-state index in [1.54, 1.807) is 0 Å². The van der Waals surface area contributed by atoms with Crippen molar-refractivity contribution in [2.75, 3.05) is 5.75 Å². The zero-order valence-electron chi connectivity index (χ0n) is 12.1. The number of aromatic nitrogens is 2. The molecular formula is C15H16BrN3O2S. The molecule has 0 spiro atoms. The minimum absolute atomic E-state index is 0.00467. The van der Waals surface area contributed by atoms with Gasteiger partial charge in [-0.15, -0.1) is 10.2 Å². The van der Waals surface area contributed by atoms with Crippen molar-refractivity contribution in [3.05, 3.63) is 28.7 Å². The van der Waals surface area contributed by atoms with Crippen molar-refractivity contribution >= 4 is 33.6 Å². The highest BCUT2D eigenvalue weighted by Gasteiger charge is 2.28. The minimum atomic E-state index is 0.00467. The SMILES string of the molecule is C[C@H](NC(=O)CSc1nnc(-c2ccccc2Br)o1)C1CC1. The van der Waals surface area contributed by atoms with Crippen molar-refractivity contribution in [2.24, 2.45) is 5.92 Å². The van der Waals surface area contributed by atoms with Crippen molar-refractivity contribution < 1.29 is 9.21 Å². The van der Waals surface area contributed by atoms with Crippen molar-refractivity contribution in [3.63, 3.8) is 0 Å².